The number of rotatable bonds is 8. The van der Waals surface area contributed by atoms with Crippen LogP contribution in [0.4, 0.5) is 0 Å². The molecule has 5 heteroatoms. The molecule has 1 aromatic rings. The van der Waals surface area contributed by atoms with Crippen LogP contribution in [0.2, 0.25) is 5.02 Å². The minimum Gasteiger partial charge on any atom is -0.380 e. The number of nitrogens with one attached hydrogen (secondary N) is 1. The Morgan fingerprint density at radius 1 is 1.39 bits per heavy atom. The van der Waals surface area contributed by atoms with Crippen LogP contribution in [0.3, 0.4) is 0 Å². The van der Waals surface area contributed by atoms with Gasteiger partial charge in [0.1, 0.15) is 0 Å². The summed E-state index contributed by atoms with van der Waals surface area (Å²) in [5, 5.41) is 8.66. The zero-order valence-electron chi connectivity index (χ0n) is 11.8. The van der Waals surface area contributed by atoms with Gasteiger partial charge in [-0.15, -0.1) is 0 Å². The van der Waals surface area contributed by atoms with Crippen LogP contribution in [-0.4, -0.2) is 35.6 Å². The van der Waals surface area contributed by atoms with Crippen LogP contribution >= 0.6 is 11.6 Å². The molecule has 1 rings (SSSR count). The topological polar surface area (TPSA) is 39.1 Å². The summed E-state index contributed by atoms with van der Waals surface area (Å²) < 4.78 is 7.49. The number of ether oxygens (including phenoxy) is 1. The van der Waals surface area contributed by atoms with E-state index < -0.39 is 0 Å². The molecule has 1 N–H and O–H groups in total. The van der Waals surface area contributed by atoms with E-state index >= 15 is 0 Å². The molecule has 0 aliphatic heterocycles. The lowest BCUT2D eigenvalue weighted by Gasteiger charge is -2.18. The van der Waals surface area contributed by atoms with E-state index in [1.807, 2.05) is 18.5 Å². The predicted molar refractivity (Wildman–Crippen MR) is 75.3 cm³/mol. The molecule has 0 amide bonds. The molecule has 1 heterocycles. The second-order valence-electron chi connectivity index (χ2n) is 4.28. The van der Waals surface area contributed by atoms with Crippen molar-refractivity contribution in [3.8, 4) is 0 Å². The average molecular weight is 274 g/mol. The van der Waals surface area contributed by atoms with E-state index in [0.717, 1.165) is 42.5 Å². The molecule has 0 radical (unpaired) electrons. The number of halogens is 1. The summed E-state index contributed by atoms with van der Waals surface area (Å²) in [6, 6.07) is 0.286. The maximum atomic E-state index is 6.32. The van der Waals surface area contributed by atoms with Crippen LogP contribution in [0, 0.1) is 6.92 Å². The van der Waals surface area contributed by atoms with Crippen molar-refractivity contribution < 1.29 is 4.74 Å². The van der Waals surface area contributed by atoms with Gasteiger partial charge in [-0.2, -0.15) is 5.10 Å². The highest BCUT2D eigenvalue weighted by atomic mass is 35.5. The van der Waals surface area contributed by atoms with Gasteiger partial charge in [0.2, 0.25) is 0 Å². The standard InChI is InChI=1S/C13H24ClN3O/c1-5-15-11(9-18-7-3)8-12-13(14)10(4)16-17(12)6-2/h11,15H,5-9H2,1-4H3. The average Bonchev–Trinajstić information content (AvgIpc) is 2.63. The Morgan fingerprint density at radius 3 is 2.67 bits per heavy atom. The normalized spacial score (nSPS) is 12.9. The van der Waals surface area contributed by atoms with Crippen LogP contribution in [0.15, 0.2) is 0 Å². The summed E-state index contributed by atoms with van der Waals surface area (Å²) in [5.74, 6) is 0. The van der Waals surface area contributed by atoms with E-state index in [4.69, 9.17) is 16.3 Å². The van der Waals surface area contributed by atoms with Crippen LogP contribution < -0.4 is 5.32 Å². The Kier molecular flexibility index (Phi) is 6.68. The summed E-state index contributed by atoms with van der Waals surface area (Å²) in [5.41, 5.74) is 2.00. The molecule has 0 spiro atoms. The van der Waals surface area contributed by atoms with E-state index in [-0.39, 0.29) is 6.04 Å². The van der Waals surface area contributed by atoms with Crippen molar-refractivity contribution >= 4 is 11.6 Å². The molecule has 0 aliphatic rings. The first kappa shape index (κ1) is 15.5. The molecule has 18 heavy (non-hydrogen) atoms. The van der Waals surface area contributed by atoms with Crippen molar-refractivity contribution in [2.45, 2.75) is 46.7 Å². The number of hydrogen-bond donors (Lipinski definition) is 1. The van der Waals surface area contributed by atoms with Gasteiger partial charge < -0.3 is 10.1 Å². The van der Waals surface area contributed by atoms with E-state index in [0.29, 0.717) is 6.61 Å². The first-order valence-electron chi connectivity index (χ1n) is 6.66. The first-order valence-corrected chi connectivity index (χ1v) is 7.04. The molecule has 1 unspecified atom stereocenters. The highest BCUT2D eigenvalue weighted by Crippen LogP contribution is 2.21. The van der Waals surface area contributed by atoms with Gasteiger partial charge in [-0.25, -0.2) is 0 Å². The zero-order valence-corrected chi connectivity index (χ0v) is 12.5. The number of nitrogens with zero attached hydrogens (tertiary/aromatic N) is 2. The lowest BCUT2D eigenvalue weighted by atomic mass is 10.1. The quantitative estimate of drug-likeness (QED) is 0.791. The van der Waals surface area contributed by atoms with Gasteiger partial charge in [-0.05, 0) is 27.3 Å². The number of likely N-dealkylation sites (N-methyl/N-ethyl adjacent to an activating group) is 1. The maximum Gasteiger partial charge on any atom is 0.0847 e. The van der Waals surface area contributed by atoms with Gasteiger partial charge in [0.25, 0.3) is 0 Å². The molecule has 0 fully saturated rings. The summed E-state index contributed by atoms with van der Waals surface area (Å²) >= 11 is 6.32. The van der Waals surface area contributed by atoms with Crippen molar-refractivity contribution in [1.29, 1.82) is 0 Å². The smallest absolute Gasteiger partial charge is 0.0847 e. The van der Waals surface area contributed by atoms with Crippen molar-refractivity contribution in [1.82, 2.24) is 15.1 Å². The minimum atomic E-state index is 0.286. The van der Waals surface area contributed by atoms with E-state index in [1.54, 1.807) is 0 Å². The Morgan fingerprint density at radius 2 is 2.11 bits per heavy atom. The van der Waals surface area contributed by atoms with Crippen LogP contribution in [-0.2, 0) is 17.7 Å². The summed E-state index contributed by atoms with van der Waals surface area (Å²) in [6.07, 6.45) is 0.849. The molecular weight excluding hydrogens is 250 g/mol. The molecule has 1 atom stereocenters. The lowest BCUT2D eigenvalue weighted by molar-refractivity contribution is 0.122. The van der Waals surface area contributed by atoms with Crippen molar-refractivity contribution in [3.63, 3.8) is 0 Å². The number of hydrogen-bond acceptors (Lipinski definition) is 3. The number of aromatic nitrogens is 2. The maximum absolute atomic E-state index is 6.32. The molecule has 104 valence electrons. The van der Waals surface area contributed by atoms with E-state index in [1.165, 1.54) is 0 Å². The van der Waals surface area contributed by atoms with Crippen molar-refractivity contribution in [2.24, 2.45) is 0 Å². The second-order valence-corrected chi connectivity index (χ2v) is 4.66. The fraction of sp³-hybridized carbons (Fsp3) is 0.769. The highest BCUT2D eigenvalue weighted by Gasteiger charge is 2.17. The third-order valence-corrected chi connectivity index (χ3v) is 3.40. The Labute approximate surface area is 115 Å². The fourth-order valence-electron chi connectivity index (χ4n) is 2.04. The number of aryl methyl sites for hydroxylation is 2. The molecular formula is C13H24ClN3O. The molecule has 0 saturated carbocycles. The lowest BCUT2D eigenvalue weighted by Crippen LogP contribution is -2.36. The highest BCUT2D eigenvalue weighted by molar-refractivity contribution is 6.31. The van der Waals surface area contributed by atoms with E-state index in [9.17, 15) is 0 Å². The molecule has 0 saturated heterocycles. The molecule has 0 aromatic carbocycles. The fourth-order valence-corrected chi connectivity index (χ4v) is 2.25. The second kappa shape index (κ2) is 7.77. The molecule has 0 bridgehead atoms. The van der Waals surface area contributed by atoms with Gasteiger partial charge in [0, 0.05) is 25.6 Å². The van der Waals surface area contributed by atoms with Gasteiger partial charge in [-0.1, -0.05) is 18.5 Å². The van der Waals surface area contributed by atoms with Gasteiger partial charge in [0.05, 0.1) is 23.0 Å². The SMILES string of the molecule is CCNC(COCC)Cc1c(Cl)c(C)nn1CC. The van der Waals surface area contributed by atoms with Crippen LogP contribution in [0.1, 0.15) is 32.2 Å². The summed E-state index contributed by atoms with van der Waals surface area (Å²) in [6.45, 7) is 11.3. The van der Waals surface area contributed by atoms with E-state index in [2.05, 4.69) is 24.3 Å². The Balaban J connectivity index is 2.78. The molecule has 1 aromatic heterocycles. The third kappa shape index (κ3) is 3.97. The zero-order chi connectivity index (χ0) is 13.5. The molecule has 0 aliphatic carbocycles. The van der Waals surface area contributed by atoms with Gasteiger partial charge >= 0.3 is 0 Å². The van der Waals surface area contributed by atoms with Crippen molar-refractivity contribution in [3.05, 3.63) is 16.4 Å². The molecule has 4 nitrogen and oxygen atoms in total. The van der Waals surface area contributed by atoms with Crippen LogP contribution in [0.5, 0.6) is 0 Å². The van der Waals surface area contributed by atoms with Gasteiger partial charge in [0.15, 0.2) is 0 Å². The summed E-state index contributed by atoms with van der Waals surface area (Å²) in [7, 11) is 0. The predicted octanol–water partition coefficient (Wildman–Crippen LogP) is 2.42. The summed E-state index contributed by atoms with van der Waals surface area (Å²) in [4.78, 5) is 0. The third-order valence-electron chi connectivity index (χ3n) is 2.91. The largest absolute Gasteiger partial charge is 0.380 e. The Hall–Kier alpha value is -0.580. The van der Waals surface area contributed by atoms with Crippen molar-refractivity contribution in [2.75, 3.05) is 19.8 Å². The first-order chi connectivity index (χ1) is 8.63. The minimum absolute atomic E-state index is 0.286. The van der Waals surface area contributed by atoms with Crippen LogP contribution in [0.25, 0.3) is 0 Å². The Bertz CT molecular complexity index is 365. The monoisotopic (exact) mass is 273 g/mol. The van der Waals surface area contributed by atoms with Gasteiger partial charge in [-0.3, -0.25) is 4.68 Å².